The molecular weight excluding hydrogens is 657 g/mol. The van der Waals surface area contributed by atoms with Gasteiger partial charge in [0.05, 0.1) is 0 Å². The lowest BCUT2D eigenvalue weighted by Crippen LogP contribution is -2.15. The Labute approximate surface area is 315 Å². The molecule has 1 heterocycles. The predicted molar refractivity (Wildman–Crippen MR) is 233 cm³/mol. The SMILES string of the molecule is C=C/C=C\c1c(C)sc2cc3c4c(cc(C5=CCCC(c6c7ccccc7c(-c7ccccc7)c7ccccc67)=C5)c3cc12)-c1ccccc1C4(C)C. The van der Waals surface area contributed by atoms with E-state index in [1.54, 1.807) is 0 Å². The van der Waals surface area contributed by atoms with Gasteiger partial charge in [-0.25, -0.2) is 0 Å². The first-order valence-electron chi connectivity index (χ1n) is 18.8. The number of fused-ring (bicyclic) bond motifs is 8. The highest BCUT2D eigenvalue weighted by Crippen LogP contribution is 2.54. The third-order valence-corrected chi connectivity index (χ3v) is 12.9. The van der Waals surface area contributed by atoms with Gasteiger partial charge in [0.2, 0.25) is 0 Å². The van der Waals surface area contributed by atoms with Crippen LogP contribution in [0.3, 0.4) is 0 Å². The molecule has 254 valence electrons. The van der Waals surface area contributed by atoms with Crippen LogP contribution in [0.1, 0.15) is 59.4 Å². The zero-order valence-corrected chi connectivity index (χ0v) is 31.3. The van der Waals surface area contributed by atoms with E-state index in [-0.39, 0.29) is 5.41 Å². The average molecular weight is 697 g/mol. The monoisotopic (exact) mass is 696 g/mol. The van der Waals surface area contributed by atoms with Crippen LogP contribution in [0.15, 0.2) is 152 Å². The number of allylic oxidation sites excluding steroid dienone is 6. The summed E-state index contributed by atoms with van der Waals surface area (Å²) in [5, 5.41) is 9.28. The highest BCUT2D eigenvalue weighted by Gasteiger charge is 2.38. The number of thiophene rings is 1. The van der Waals surface area contributed by atoms with E-state index in [0.717, 1.165) is 12.8 Å². The van der Waals surface area contributed by atoms with Crippen molar-refractivity contribution >= 4 is 71.0 Å². The van der Waals surface area contributed by atoms with E-state index in [4.69, 9.17) is 0 Å². The molecule has 0 saturated carbocycles. The zero-order chi connectivity index (χ0) is 35.8. The van der Waals surface area contributed by atoms with Crippen molar-refractivity contribution in [3.8, 4) is 22.3 Å². The first-order chi connectivity index (χ1) is 25.9. The fraction of sp³-hybridized carbons (Fsp3) is 0.115. The molecular formula is C52H40S. The van der Waals surface area contributed by atoms with E-state index in [9.17, 15) is 0 Å². The van der Waals surface area contributed by atoms with Crippen LogP contribution in [-0.2, 0) is 5.41 Å². The molecule has 2 aliphatic rings. The Kier molecular flexibility index (Phi) is 7.32. The summed E-state index contributed by atoms with van der Waals surface area (Å²) in [6.07, 6.45) is 13.2. The van der Waals surface area contributed by atoms with Gasteiger partial charge in [0.25, 0.3) is 0 Å². The first-order valence-corrected chi connectivity index (χ1v) is 19.6. The summed E-state index contributed by atoms with van der Waals surface area (Å²) >= 11 is 1.90. The standard InChI is InChI=1S/C52H40S/c1-5-6-21-36-32(2)53-48-31-46-43(30-44(36)48)42(29-45-37-22-14-15-27-47(37)52(3,4)51(45)46)34-19-16-20-35(28-34)50-40-25-12-10-23-38(40)49(33-17-8-7-9-18-33)39-24-11-13-26-41(39)50/h5-15,17-19,21-31H,1,16,20H2,2-4H3/b21-6-. The highest BCUT2D eigenvalue weighted by atomic mass is 32.1. The van der Waals surface area contributed by atoms with Gasteiger partial charge in [0.1, 0.15) is 0 Å². The summed E-state index contributed by atoms with van der Waals surface area (Å²) < 4.78 is 1.34. The average Bonchev–Trinajstić information content (AvgIpc) is 3.63. The zero-order valence-electron chi connectivity index (χ0n) is 30.5. The molecule has 53 heavy (non-hydrogen) atoms. The number of aryl methyl sites for hydroxylation is 1. The largest absolute Gasteiger partial charge is 0.140 e. The van der Waals surface area contributed by atoms with Crippen molar-refractivity contribution in [1.29, 1.82) is 0 Å². The molecule has 0 nitrogen and oxygen atoms in total. The second-order valence-corrected chi connectivity index (χ2v) is 16.4. The molecule has 7 aromatic carbocycles. The van der Waals surface area contributed by atoms with Crippen molar-refractivity contribution in [2.45, 2.75) is 39.0 Å². The van der Waals surface area contributed by atoms with Gasteiger partial charge in [-0.3, -0.25) is 0 Å². The van der Waals surface area contributed by atoms with Gasteiger partial charge in [-0.15, -0.1) is 11.3 Å². The van der Waals surface area contributed by atoms with Gasteiger partial charge in [-0.05, 0) is 131 Å². The number of hydrogen-bond donors (Lipinski definition) is 0. The van der Waals surface area contributed by atoms with Crippen molar-refractivity contribution in [2.24, 2.45) is 0 Å². The van der Waals surface area contributed by atoms with Crippen LogP contribution >= 0.6 is 11.3 Å². The van der Waals surface area contributed by atoms with E-state index in [2.05, 4.69) is 173 Å². The van der Waals surface area contributed by atoms with Crippen LogP contribution in [0, 0.1) is 6.92 Å². The molecule has 0 spiro atoms. The maximum Gasteiger partial charge on any atom is 0.0358 e. The smallest absolute Gasteiger partial charge is 0.0358 e. The Bertz CT molecular complexity index is 2870. The summed E-state index contributed by atoms with van der Waals surface area (Å²) in [6.45, 7) is 11.0. The van der Waals surface area contributed by atoms with Gasteiger partial charge in [0.15, 0.2) is 0 Å². The fourth-order valence-corrected chi connectivity index (χ4v) is 10.6. The van der Waals surface area contributed by atoms with Crippen LogP contribution in [-0.4, -0.2) is 0 Å². The molecule has 0 radical (unpaired) electrons. The number of rotatable bonds is 5. The first kappa shape index (κ1) is 31.9. The lowest BCUT2D eigenvalue weighted by atomic mass is 9.78. The third-order valence-electron chi connectivity index (χ3n) is 11.8. The van der Waals surface area contributed by atoms with Gasteiger partial charge in [-0.1, -0.05) is 154 Å². The maximum atomic E-state index is 3.96. The van der Waals surface area contributed by atoms with E-state index in [1.807, 2.05) is 17.4 Å². The Morgan fingerprint density at radius 2 is 1.30 bits per heavy atom. The van der Waals surface area contributed by atoms with Crippen LogP contribution < -0.4 is 0 Å². The Morgan fingerprint density at radius 3 is 2.02 bits per heavy atom. The molecule has 8 aromatic rings. The summed E-state index contributed by atoms with van der Waals surface area (Å²) in [5.74, 6) is 0. The van der Waals surface area contributed by atoms with Crippen LogP contribution in [0.5, 0.6) is 0 Å². The van der Waals surface area contributed by atoms with Crippen molar-refractivity contribution in [3.05, 3.63) is 185 Å². The molecule has 0 N–H and O–H groups in total. The molecule has 0 fully saturated rings. The molecule has 0 amide bonds. The number of benzene rings is 7. The predicted octanol–water partition coefficient (Wildman–Crippen LogP) is 15.1. The van der Waals surface area contributed by atoms with Gasteiger partial charge in [0, 0.05) is 20.4 Å². The second kappa shape index (κ2) is 12.2. The van der Waals surface area contributed by atoms with Gasteiger partial charge < -0.3 is 0 Å². The lowest BCUT2D eigenvalue weighted by Gasteiger charge is -2.25. The summed E-state index contributed by atoms with van der Waals surface area (Å²) in [6, 6.07) is 45.6. The summed E-state index contributed by atoms with van der Waals surface area (Å²) in [7, 11) is 0. The van der Waals surface area contributed by atoms with Gasteiger partial charge in [-0.2, -0.15) is 0 Å². The molecule has 0 aliphatic heterocycles. The van der Waals surface area contributed by atoms with Gasteiger partial charge >= 0.3 is 0 Å². The van der Waals surface area contributed by atoms with Crippen LogP contribution in [0.25, 0.3) is 81.9 Å². The van der Waals surface area contributed by atoms with Crippen molar-refractivity contribution in [1.82, 2.24) is 0 Å². The molecule has 0 atom stereocenters. The second-order valence-electron chi connectivity index (χ2n) is 15.2. The number of hydrogen-bond acceptors (Lipinski definition) is 1. The Morgan fingerprint density at radius 1 is 0.642 bits per heavy atom. The molecule has 0 saturated heterocycles. The topological polar surface area (TPSA) is 0 Å². The normalized spacial score (nSPS) is 14.9. The highest BCUT2D eigenvalue weighted by molar-refractivity contribution is 7.19. The van der Waals surface area contributed by atoms with Crippen LogP contribution in [0.2, 0.25) is 0 Å². The third kappa shape index (κ3) is 4.80. The molecule has 10 rings (SSSR count). The quantitative estimate of drug-likeness (QED) is 0.124. The molecule has 0 bridgehead atoms. The fourth-order valence-electron chi connectivity index (χ4n) is 9.52. The van der Waals surface area contributed by atoms with Crippen LogP contribution in [0.4, 0.5) is 0 Å². The summed E-state index contributed by atoms with van der Waals surface area (Å²) in [5.41, 5.74) is 14.8. The Balaban J connectivity index is 1.26. The molecule has 0 unspecified atom stereocenters. The molecule has 1 aromatic heterocycles. The molecule has 1 heteroatoms. The van der Waals surface area contributed by atoms with E-state index in [0.29, 0.717) is 0 Å². The van der Waals surface area contributed by atoms with E-state index in [1.165, 1.54) is 108 Å². The minimum Gasteiger partial charge on any atom is -0.140 e. The Hall–Kier alpha value is -5.76. The lowest BCUT2D eigenvalue weighted by molar-refractivity contribution is 0.666. The van der Waals surface area contributed by atoms with E-state index < -0.39 is 0 Å². The van der Waals surface area contributed by atoms with Crippen molar-refractivity contribution in [3.63, 3.8) is 0 Å². The molecule has 2 aliphatic carbocycles. The minimum absolute atomic E-state index is 0.103. The van der Waals surface area contributed by atoms with E-state index >= 15 is 0 Å². The van der Waals surface area contributed by atoms with Crippen molar-refractivity contribution in [2.75, 3.05) is 0 Å². The minimum atomic E-state index is -0.103. The summed E-state index contributed by atoms with van der Waals surface area (Å²) in [4.78, 5) is 1.34. The maximum absolute atomic E-state index is 3.96. The van der Waals surface area contributed by atoms with Crippen molar-refractivity contribution < 1.29 is 0 Å².